The maximum Gasteiger partial charge on any atom is 0.352 e. The lowest BCUT2D eigenvalue weighted by Crippen LogP contribution is -2.71. The van der Waals surface area contributed by atoms with E-state index in [1.807, 2.05) is 13.8 Å². The van der Waals surface area contributed by atoms with Gasteiger partial charge in [0.05, 0.1) is 12.7 Å². The van der Waals surface area contributed by atoms with Crippen LogP contribution in [-0.2, 0) is 24.0 Å². The van der Waals surface area contributed by atoms with Crippen LogP contribution in [0.4, 0.5) is 5.13 Å². The molecule has 1 unspecified atom stereocenters. The Labute approximate surface area is 180 Å². The first-order valence-electron chi connectivity index (χ1n) is 8.89. The molecule has 1 saturated heterocycles. The van der Waals surface area contributed by atoms with Crippen molar-refractivity contribution in [2.45, 2.75) is 31.4 Å². The van der Waals surface area contributed by atoms with Crippen LogP contribution in [0.25, 0.3) is 0 Å². The number of hydrogen-bond acceptors (Lipinski definition) is 10. The van der Waals surface area contributed by atoms with E-state index in [2.05, 4.69) is 15.5 Å². The summed E-state index contributed by atoms with van der Waals surface area (Å²) in [5.41, 5.74) is 6.13. The average Bonchev–Trinajstić information content (AvgIpc) is 3.13. The predicted molar refractivity (Wildman–Crippen MR) is 111 cm³/mol. The number of carboxylic acids is 1. The zero-order valence-corrected chi connectivity index (χ0v) is 18.1. The first-order valence-corrected chi connectivity index (χ1v) is 10.8. The van der Waals surface area contributed by atoms with Crippen molar-refractivity contribution in [3.05, 3.63) is 22.3 Å². The van der Waals surface area contributed by atoms with Gasteiger partial charge in [0.1, 0.15) is 29.9 Å². The van der Waals surface area contributed by atoms with E-state index in [1.165, 1.54) is 23.8 Å². The van der Waals surface area contributed by atoms with Gasteiger partial charge in [-0.2, -0.15) is 0 Å². The summed E-state index contributed by atoms with van der Waals surface area (Å²) in [5, 5.41) is 17.2. The third-order valence-corrected chi connectivity index (χ3v) is 6.30. The van der Waals surface area contributed by atoms with E-state index in [1.54, 1.807) is 5.38 Å². The molecular weight excluding hydrogens is 434 g/mol. The lowest BCUT2D eigenvalue weighted by atomic mass is 10.0. The Morgan fingerprint density at radius 3 is 2.80 bits per heavy atom. The van der Waals surface area contributed by atoms with Crippen molar-refractivity contribution in [3.63, 3.8) is 0 Å². The molecule has 1 aromatic rings. The first-order chi connectivity index (χ1) is 14.2. The van der Waals surface area contributed by atoms with Gasteiger partial charge in [0.2, 0.25) is 0 Å². The van der Waals surface area contributed by atoms with Gasteiger partial charge in [-0.05, 0) is 19.4 Å². The van der Waals surface area contributed by atoms with Gasteiger partial charge in [0.15, 0.2) is 10.8 Å². The number of nitrogens with one attached hydrogen (secondary N) is 1. The molecule has 3 heterocycles. The molecule has 30 heavy (non-hydrogen) atoms. The second-order valence-corrected chi connectivity index (χ2v) is 8.67. The fourth-order valence-corrected chi connectivity index (χ4v) is 4.84. The minimum atomic E-state index is -1.21. The molecule has 2 aliphatic rings. The van der Waals surface area contributed by atoms with E-state index in [4.69, 9.17) is 15.3 Å². The van der Waals surface area contributed by atoms with E-state index in [9.17, 15) is 19.5 Å². The van der Waals surface area contributed by atoms with E-state index in [0.717, 1.165) is 11.3 Å². The second-order valence-electron chi connectivity index (χ2n) is 6.67. The normalized spacial score (nSPS) is 21.4. The van der Waals surface area contributed by atoms with Crippen LogP contribution in [0.3, 0.4) is 0 Å². The number of aromatic nitrogens is 1. The van der Waals surface area contributed by atoms with Crippen molar-refractivity contribution >= 4 is 51.7 Å². The first kappa shape index (κ1) is 22.1. The van der Waals surface area contributed by atoms with Crippen molar-refractivity contribution in [2.75, 3.05) is 25.2 Å². The highest BCUT2D eigenvalue weighted by atomic mass is 32.2. The number of thioether (sulfide) groups is 1. The zero-order chi connectivity index (χ0) is 22.0. The molecule has 1 fully saturated rings. The number of β-lactam (4-membered cyclic amide) rings is 1. The van der Waals surface area contributed by atoms with Crippen molar-refractivity contribution in [1.82, 2.24) is 15.2 Å². The Hall–Kier alpha value is -2.64. The van der Waals surface area contributed by atoms with E-state index in [-0.39, 0.29) is 34.9 Å². The lowest BCUT2D eigenvalue weighted by molar-refractivity contribution is -0.150. The molecule has 0 saturated carbocycles. The fourth-order valence-electron chi connectivity index (χ4n) is 2.96. The Bertz CT molecular complexity index is 927. The molecule has 0 aliphatic carbocycles. The number of carbonyl (C=O) groups is 3. The number of thiazole rings is 1. The third kappa shape index (κ3) is 4.27. The number of carboxylic acid groups (broad SMARTS) is 1. The summed E-state index contributed by atoms with van der Waals surface area (Å²) in [6, 6.07) is -0.901. The van der Waals surface area contributed by atoms with Crippen molar-refractivity contribution < 1.29 is 29.1 Å². The van der Waals surface area contributed by atoms with Crippen LogP contribution in [0.2, 0.25) is 0 Å². The monoisotopic (exact) mass is 455 g/mol. The van der Waals surface area contributed by atoms with Crippen LogP contribution in [-0.4, -0.2) is 75.5 Å². The van der Waals surface area contributed by atoms with Gasteiger partial charge in [-0.1, -0.05) is 5.16 Å². The fraction of sp³-hybridized carbons (Fsp3) is 0.471. The van der Waals surface area contributed by atoms with Gasteiger partial charge in [-0.3, -0.25) is 14.5 Å². The topological polar surface area (TPSA) is 156 Å². The van der Waals surface area contributed by atoms with Gasteiger partial charge >= 0.3 is 5.97 Å². The number of hydrogen-bond donors (Lipinski definition) is 3. The number of amides is 2. The largest absolute Gasteiger partial charge is 0.477 e. The van der Waals surface area contributed by atoms with Crippen molar-refractivity contribution in [3.8, 4) is 0 Å². The van der Waals surface area contributed by atoms with Crippen LogP contribution >= 0.6 is 23.1 Å². The summed E-state index contributed by atoms with van der Waals surface area (Å²) < 4.78 is 5.52. The van der Waals surface area contributed by atoms with Crippen LogP contribution in [0, 0.1) is 0 Å². The quantitative estimate of drug-likeness (QED) is 0.284. The number of ether oxygens (including phenoxy) is 1. The smallest absolute Gasteiger partial charge is 0.352 e. The number of oxime groups is 1. The number of anilines is 1. The van der Waals surface area contributed by atoms with E-state index >= 15 is 0 Å². The molecule has 11 nitrogen and oxygen atoms in total. The minimum absolute atomic E-state index is 0.0763. The molecule has 2 amide bonds. The maximum atomic E-state index is 12.7. The number of rotatable bonds is 8. The SMILES string of the molecule is CON=C(C(=O)NC1C(=O)N2C(C(=O)O)=C(COC(C)C)CS[C@H]12)c1csc(N)n1. The Balaban J connectivity index is 1.76. The van der Waals surface area contributed by atoms with Crippen LogP contribution in [0.15, 0.2) is 21.8 Å². The third-order valence-electron chi connectivity index (χ3n) is 4.29. The summed E-state index contributed by atoms with van der Waals surface area (Å²) in [4.78, 5) is 47.1. The molecule has 3 rings (SSSR count). The summed E-state index contributed by atoms with van der Waals surface area (Å²) in [6.45, 7) is 3.81. The van der Waals surface area contributed by atoms with Gasteiger partial charge in [0, 0.05) is 11.1 Å². The molecule has 0 bridgehead atoms. The lowest BCUT2D eigenvalue weighted by Gasteiger charge is -2.49. The van der Waals surface area contributed by atoms with Crippen LogP contribution in [0.1, 0.15) is 19.5 Å². The second kappa shape index (κ2) is 9.02. The number of nitrogen functional groups attached to an aromatic ring is 1. The van der Waals surface area contributed by atoms with Gasteiger partial charge < -0.3 is 25.7 Å². The minimum Gasteiger partial charge on any atom is -0.477 e. The molecule has 2 aliphatic heterocycles. The maximum absolute atomic E-state index is 12.7. The van der Waals surface area contributed by atoms with Gasteiger partial charge in [-0.25, -0.2) is 9.78 Å². The molecular formula is C17H21N5O6S2. The zero-order valence-electron chi connectivity index (χ0n) is 16.4. The Morgan fingerprint density at radius 1 is 1.50 bits per heavy atom. The number of nitrogens with two attached hydrogens (primary N) is 1. The van der Waals surface area contributed by atoms with Crippen molar-refractivity contribution in [1.29, 1.82) is 0 Å². The number of nitrogens with zero attached hydrogens (tertiary/aromatic N) is 3. The predicted octanol–water partition coefficient (Wildman–Crippen LogP) is 0.239. The Morgan fingerprint density at radius 2 is 2.23 bits per heavy atom. The summed E-state index contributed by atoms with van der Waals surface area (Å²) in [6.07, 6.45) is -0.0763. The van der Waals surface area contributed by atoms with Crippen molar-refractivity contribution in [2.24, 2.45) is 5.16 Å². The summed E-state index contributed by atoms with van der Waals surface area (Å²) in [7, 11) is 1.28. The van der Waals surface area contributed by atoms with Crippen LogP contribution < -0.4 is 11.1 Å². The standard InChI is InChI=1S/C17H21N5O6S2/c1-7(2)28-4-8-5-29-15-11(14(24)22(15)12(8)16(25)26)20-13(23)10(21-27-3)9-6-30-17(18)19-9/h6-7,11,15H,4-5H2,1-3H3,(H2,18,19)(H,20,23)(H,25,26)/t11?,15-/m1/s1. The highest BCUT2D eigenvalue weighted by Gasteiger charge is 2.54. The Kier molecular flexibility index (Phi) is 6.63. The van der Waals surface area contributed by atoms with Gasteiger partial charge in [0.25, 0.3) is 11.8 Å². The molecule has 2 atom stereocenters. The van der Waals surface area contributed by atoms with E-state index in [0.29, 0.717) is 11.3 Å². The molecule has 1 aromatic heterocycles. The molecule has 162 valence electrons. The molecule has 0 aromatic carbocycles. The number of aliphatic carboxylic acids is 1. The molecule has 0 radical (unpaired) electrons. The highest BCUT2D eigenvalue weighted by Crippen LogP contribution is 2.40. The molecule has 13 heteroatoms. The molecule has 4 N–H and O–H groups in total. The number of carbonyl (C=O) groups excluding carboxylic acids is 2. The highest BCUT2D eigenvalue weighted by molar-refractivity contribution is 8.00. The van der Waals surface area contributed by atoms with Crippen LogP contribution in [0.5, 0.6) is 0 Å². The van der Waals surface area contributed by atoms with Gasteiger partial charge in [-0.15, -0.1) is 23.1 Å². The summed E-state index contributed by atoms with van der Waals surface area (Å²) >= 11 is 2.49. The average molecular weight is 456 g/mol. The molecule has 0 spiro atoms. The summed E-state index contributed by atoms with van der Waals surface area (Å²) in [5.74, 6) is -2.03. The van der Waals surface area contributed by atoms with E-state index < -0.39 is 29.2 Å². The number of fused-ring (bicyclic) bond motifs is 1.